The number of aryl methyl sites for hydroxylation is 1. The van der Waals surface area contributed by atoms with Gasteiger partial charge in [-0.2, -0.15) is 0 Å². The van der Waals surface area contributed by atoms with Crippen LogP contribution in [0.3, 0.4) is 0 Å². The Kier molecular flexibility index (Phi) is 7.71. The summed E-state index contributed by atoms with van der Waals surface area (Å²) in [5, 5.41) is 0. The van der Waals surface area contributed by atoms with Gasteiger partial charge in [0.05, 0.1) is 20.8 Å². The Morgan fingerprint density at radius 2 is 1.60 bits per heavy atom. The van der Waals surface area contributed by atoms with Gasteiger partial charge in [-0.1, -0.05) is 36.4 Å². The number of nitrogens with zero attached hydrogens (tertiary/aromatic N) is 3. The molecular formula is C24H33N3O3. The van der Waals surface area contributed by atoms with E-state index in [-0.39, 0.29) is 5.91 Å². The zero-order chi connectivity index (χ0) is 21.5. The highest BCUT2D eigenvalue weighted by atomic mass is 16.5. The minimum atomic E-state index is 0.118. The quantitative estimate of drug-likeness (QED) is 0.668. The van der Waals surface area contributed by atoms with Gasteiger partial charge in [0.25, 0.3) is 0 Å². The van der Waals surface area contributed by atoms with Crippen molar-refractivity contribution < 1.29 is 14.3 Å². The van der Waals surface area contributed by atoms with Crippen molar-refractivity contribution >= 4 is 5.91 Å². The molecule has 1 fully saturated rings. The lowest BCUT2D eigenvalue weighted by atomic mass is 10.1. The number of carbonyl (C=O) groups is 1. The first-order chi connectivity index (χ1) is 14.5. The Hall–Kier alpha value is -2.57. The molecule has 6 heteroatoms. The number of para-hydroxylation sites is 1. The van der Waals surface area contributed by atoms with Gasteiger partial charge < -0.3 is 14.4 Å². The number of carbonyl (C=O) groups excluding carboxylic acids is 1. The number of rotatable bonds is 8. The minimum absolute atomic E-state index is 0.118. The lowest BCUT2D eigenvalue weighted by Gasteiger charge is -2.35. The van der Waals surface area contributed by atoms with Gasteiger partial charge >= 0.3 is 0 Å². The molecule has 1 heterocycles. The summed E-state index contributed by atoms with van der Waals surface area (Å²) < 4.78 is 10.8. The molecule has 0 radical (unpaired) electrons. The number of ether oxygens (including phenoxy) is 2. The first kappa shape index (κ1) is 22.1. The number of benzene rings is 2. The van der Waals surface area contributed by atoms with Crippen LogP contribution >= 0.6 is 0 Å². The van der Waals surface area contributed by atoms with Crippen LogP contribution in [0, 0.1) is 6.92 Å². The molecule has 2 aromatic rings. The first-order valence-electron chi connectivity index (χ1n) is 10.4. The molecule has 162 valence electrons. The summed E-state index contributed by atoms with van der Waals surface area (Å²) in [6.45, 7) is 7.86. The third-order valence-electron chi connectivity index (χ3n) is 5.80. The van der Waals surface area contributed by atoms with E-state index in [4.69, 9.17) is 9.47 Å². The topological polar surface area (TPSA) is 45.2 Å². The monoisotopic (exact) mass is 411 g/mol. The van der Waals surface area contributed by atoms with Crippen LogP contribution in [-0.2, 0) is 17.9 Å². The molecule has 0 bridgehead atoms. The second kappa shape index (κ2) is 10.5. The summed E-state index contributed by atoms with van der Waals surface area (Å²) in [4.78, 5) is 19.3. The average Bonchev–Trinajstić information content (AvgIpc) is 2.76. The Labute approximate surface area is 180 Å². The van der Waals surface area contributed by atoms with Gasteiger partial charge in [-0.05, 0) is 24.1 Å². The highest BCUT2D eigenvalue weighted by Gasteiger charge is 2.22. The van der Waals surface area contributed by atoms with Gasteiger partial charge in [-0.3, -0.25) is 14.6 Å². The van der Waals surface area contributed by atoms with Gasteiger partial charge in [-0.15, -0.1) is 0 Å². The predicted molar refractivity (Wildman–Crippen MR) is 119 cm³/mol. The molecule has 3 rings (SSSR count). The Morgan fingerprint density at radius 1 is 0.933 bits per heavy atom. The first-order valence-corrected chi connectivity index (χ1v) is 10.4. The molecule has 0 spiro atoms. The molecule has 30 heavy (non-hydrogen) atoms. The average molecular weight is 412 g/mol. The fourth-order valence-electron chi connectivity index (χ4n) is 3.87. The maximum Gasteiger partial charge on any atom is 0.236 e. The third-order valence-corrected chi connectivity index (χ3v) is 5.80. The molecule has 0 aliphatic carbocycles. The molecule has 1 aliphatic heterocycles. The van der Waals surface area contributed by atoms with Crippen molar-refractivity contribution in [3.8, 4) is 11.5 Å². The van der Waals surface area contributed by atoms with E-state index in [0.717, 1.165) is 38.3 Å². The third kappa shape index (κ3) is 5.52. The molecule has 2 aromatic carbocycles. The Bertz CT molecular complexity index is 847. The molecule has 0 atom stereocenters. The van der Waals surface area contributed by atoms with Crippen LogP contribution in [0.4, 0.5) is 0 Å². The highest BCUT2D eigenvalue weighted by Crippen LogP contribution is 2.31. The maximum atomic E-state index is 12.8. The van der Waals surface area contributed by atoms with Gasteiger partial charge in [0, 0.05) is 51.9 Å². The fourth-order valence-corrected chi connectivity index (χ4v) is 3.87. The van der Waals surface area contributed by atoms with E-state index < -0.39 is 0 Å². The molecule has 0 unspecified atom stereocenters. The van der Waals surface area contributed by atoms with Crippen molar-refractivity contribution in [3.05, 3.63) is 59.2 Å². The van der Waals surface area contributed by atoms with Gasteiger partial charge in [0.15, 0.2) is 11.5 Å². The summed E-state index contributed by atoms with van der Waals surface area (Å²) in [7, 11) is 5.09. The smallest absolute Gasteiger partial charge is 0.236 e. The van der Waals surface area contributed by atoms with Crippen molar-refractivity contribution in [1.82, 2.24) is 14.7 Å². The van der Waals surface area contributed by atoms with Crippen molar-refractivity contribution in [2.24, 2.45) is 0 Å². The second-order valence-electron chi connectivity index (χ2n) is 7.88. The van der Waals surface area contributed by atoms with Crippen molar-refractivity contribution in [1.29, 1.82) is 0 Å². The summed E-state index contributed by atoms with van der Waals surface area (Å²) in [6.07, 6.45) is 0. The number of hydrogen-bond donors (Lipinski definition) is 0. The van der Waals surface area contributed by atoms with Crippen molar-refractivity contribution in [2.45, 2.75) is 20.0 Å². The molecule has 0 N–H and O–H groups in total. The van der Waals surface area contributed by atoms with E-state index in [0.29, 0.717) is 24.6 Å². The molecule has 6 nitrogen and oxygen atoms in total. The molecule has 0 saturated carbocycles. The highest BCUT2D eigenvalue weighted by molar-refractivity contribution is 5.78. The molecule has 1 amide bonds. The van der Waals surface area contributed by atoms with Gasteiger partial charge in [0.1, 0.15) is 0 Å². The van der Waals surface area contributed by atoms with Crippen LogP contribution in [0.1, 0.15) is 16.7 Å². The summed E-state index contributed by atoms with van der Waals surface area (Å²) in [5.74, 6) is 1.48. The SMILES string of the molecule is COc1cccc(CN(C)C(=O)CN2CCN(Cc3ccccc3C)CC2)c1OC. The molecule has 1 saturated heterocycles. The zero-order valence-electron chi connectivity index (χ0n) is 18.6. The van der Waals surface area contributed by atoms with Crippen LogP contribution in [0.5, 0.6) is 11.5 Å². The summed E-state index contributed by atoms with van der Waals surface area (Å²) >= 11 is 0. The van der Waals surface area contributed by atoms with Crippen molar-refractivity contribution in [2.75, 3.05) is 54.0 Å². The van der Waals surface area contributed by atoms with E-state index in [2.05, 4.69) is 41.0 Å². The van der Waals surface area contributed by atoms with Crippen LogP contribution in [-0.4, -0.2) is 74.6 Å². The van der Waals surface area contributed by atoms with E-state index in [1.54, 1.807) is 19.1 Å². The van der Waals surface area contributed by atoms with Crippen LogP contribution in [0.25, 0.3) is 0 Å². The van der Waals surface area contributed by atoms with E-state index in [9.17, 15) is 4.79 Å². The second-order valence-corrected chi connectivity index (χ2v) is 7.88. The van der Waals surface area contributed by atoms with E-state index >= 15 is 0 Å². The Morgan fingerprint density at radius 3 is 2.27 bits per heavy atom. The lowest BCUT2D eigenvalue weighted by molar-refractivity contribution is -0.132. The zero-order valence-corrected chi connectivity index (χ0v) is 18.6. The molecular weight excluding hydrogens is 378 g/mol. The van der Waals surface area contributed by atoms with Crippen molar-refractivity contribution in [3.63, 3.8) is 0 Å². The van der Waals surface area contributed by atoms with Crippen LogP contribution in [0.2, 0.25) is 0 Å². The number of likely N-dealkylation sites (N-methyl/N-ethyl adjacent to an activating group) is 1. The molecule has 1 aliphatic rings. The number of amides is 1. The fraction of sp³-hybridized carbons (Fsp3) is 0.458. The molecule has 0 aromatic heterocycles. The standard InChI is InChI=1S/C24H33N3O3/c1-19-8-5-6-9-20(19)17-26-12-14-27(15-13-26)18-23(28)25(2)16-21-10-7-11-22(29-3)24(21)30-4/h5-11H,12-18H2,1-4H3. The predicted octanol–water partition coefficient (Wildman–Crippen LogP) is 2.79. The van der Waals surface area contributed by atoms with Gasteiger partial charge in [-0.25, -0.2) is 0 Å². The Balaban J connectivity index is 1.49. The minimum Gasteiger partial charge on any atom is -0.493 e. The largest absolute Gasteiger partial charge is 0.493 e. The summed E-state index contributed by atoms with van der Waals surface area (Å²) in [5.41, 5.74) is 3.66. The lowest BCUT2D eigenvalue weighted by Crippen LogP contribution is -2.49. The van der Waals surface area contributed by atoms with Crippen LogP contribution < -0.4 is 9.47 Å². The number of piperazine rings is 1. The van der Waals surface area contributed by atoms with E-state index in [1.807, 2.05) is 25.2 Å². The normalized spacial score (nSPS) is 15.1. The summed E-state index contributed by atoms with van der Waals surface area (Å²) in [6, 6.07) is 14.3. The van der Waals surface area contributed by atoms with Crippen LogP contribution in [0.15, 0.2) is 42.5 Å². The van der Waals surface area contributed by atoms with Gasteiger partial charge in [0.2, 0.25) is 5.91 Å². The number of methoxy groups -OCH3 is 2. The van der Waals surface area contributed by atoms with E-state index in [1.165, 1.54) is 11.1 Å². The maximum absolute atomic E-state index is 12.8. The number of hydrogen-bond acceptors (Lipinski definition) is 5.